The van der Waals surface area contributed by atoms with Crippen molar-refractivity contribution in [3.63, 3.8) is 0 Å². The molecule has 0 bridgehead atoms. The average molecular weight is 368 g/mol. The lowest BCUT2D eigenvalue weighted by Crippen LogP contribution is -2.49. The van der Waals surface area contributed by atoms with Crippen molar-refractivity contribution in [2.75, 3.05) is 24.5 Å². The number of likely N-dealkylation sites (tertiary alicyclic amines) is 1. The summed E-state index contributed by atoms with van der Waals surface area (Å²) < 4.78 is 13.7. The first-order chi connectivity index (χ1) is 13.0. The number of nitrogens with zero attached hydrogens (tertiary/aromatic N) is 2. The highest BCUT2D eigenvalue weighted by atomic mass is 19.1. The summed E-state index contributed by atoms with van der Waals surface area (Å²) in [6.45, 7) is 6.78. The average Bonchev–Trinajstić information content (AvgIpc) is 2.68. The Balaban J connectivity index is 1.63. The molecule has 0 aromatic heterocycles. The van der Waals surface area contributed by atoms with E-state index in [1.165, 1.54) is 17.7 Å². The number of piperidine rings is 1. The van der Waals surface area contributed by atoms with Crippen molar-refractivity contribution in [2.24, 2.45) is 5.92 Å². The molecule has 4 heteroatoms. The number of carbonyl (C=O) groups is 1. The van der Waals surface area contributed by atoms with Gasteiger partial charge < -0.3 is 9.80 Å². The Morgan fingerprint density at radius 2 is 1.81 bits per heavy atom. The first-order valence-electron chi connectivity index (χ1n) is 9.89. The van der Waals surface area contributed by atoms with Gasteiger partial charge in [0.05, 0.1) is 0 Å². The smallest absolute Gasteiger partial charge is 0.229 e. The Morgan fingerprint density at radius 1 is 1.11 bits per heavy atom. The van der Waals surface area contributed by atoms with Crippen LogP contribution in [0.5, 0.6) is 0 Å². The molecule has 27 heavy (non-hydrogen) atoms. The van der Waals surface area contributed by atoms with Gasteiger partial charge in [0.2, 0.25) is 5.91 Å². The van der Waals surface area contributed by atoms with Crippen LogP contribution in [0.15, 0.2) is 54.6 Å². The fourth-order valence-electron chi connectivity index (χ4n) is 3.76. The molecule has 3 rings (SSSR count). The van der Waals surface area contributed by atoms with Crippen LogP contribution < -0.4 is 4.90 Å². The monoisotopic (exact) mass is 368 g/mol. The topological polar surface area (TPSA) is 23.6 Å². The molecule has 1 amide bonds. The first-order valence-corrected chi connectivity index (χ1v) is 9.89. The zero-order chi connectivity index (χ0) is 19.2. The minimum atomic E-state index is -0.297. The molecular formula is C23H29FN2O. The largest absolute Gasteiger partial charge is 0.309 e. The molecule has 0 radical (unpaired) electrons. The molecule has 1 aliphatic rings. The normalized spacial score (nSPS) is 15.9. The van der Waals surface area contributed by atoms with Gasteiger partial charge in [0.25, 0.3) is 0 Å². The van der Waals surface area contributed by atoms with Crippen molar-refractivity contribution in [3.05, 3.63) is 66.0 Å². The summed E-state index contributed by atoms with van der Waals surface area (Å²) in [5.41, 5.74) is 2.03. The third-order valence-corrected chi connectivity index (χ3v) is 5.30. The standard InChI is InChI=1S/C23H29FN2O/c1-18(2)23(27)26(22-10-6-9-20(24)17-22)21-12-15-25(16-13-21)14-11-19-7-4-3-5-8-19/h3-10,17-18,21H,11-16H2,1-2H3. The highest BCUT2D eigenvalue weighted by Crippen LogP contribution is 2.26. The molecule has 144 valence electrons. The predicted octanol–water partition coefficient (Wildman–Crippen LogP) is 4.52. The van der Waals surface area contributed by atoms with E-state index in [0.29, 0.717) is 5.69 Å². The summed E-state index contributed by atoms with van der Waals surface area (Å²) in [5.74, 6) is -0.331. The third kappa shape index (κ3) is 5.16. The highest BCUT2D eigenvalue weighted by molar-refractivity contribution is 5.95. The van der Waals surface area contributed by atoms with Gasteiger partial charge in [-0.05, 0) is 43.0 Å². The van der Waals surface area contributed by atoms with Crippen LogP contribution in [0.4, 0.5) is 10.1 Å². The van der Waals surface area contributed by atoms with Crippen molar-refractivity contribution in [3.8, 4) is 0 Å². The molecule has 3 nitrogen and oxygen atoms in total. The molecule has 1 heterocycles. The molecule has 1 saturated heterocycles. The fraction of sp³-hybridized carbons (Fsp3) is 0.435. The molecule has 0 saturated carbocycles. The van der Waals surface area contributed by atoms with E-state index in [1.54, 1.807) is 6.07 Å². The quantitative estimate of drug-likeness (QED) is 0.748. The molecule has 0 aliphatic carbocycles. The van der Waals surface area contributed by atoms with Gasteiger partial charge in [0.15, 0.2) is 0 Å². The number of hydrogen-bond donors (Lipinski definition) is 0. The van der Waals surface area contributed by atoms with E-state index in [1.807, 2.05) is 30.9 Å². The molecule has 1 fully saturated rings. The molecule has 2 aromatic carbocycles. The van der Waals surface area contributed by atoms with Crippen LogP contribution >= 0.6 is 0 Å². The molecule has 0 spiro atoms. The first kappa shape index (κ1) is 19.6. The van der Waals surface area contributed by atoms with Crippen LogP contribution in [0.1, 0.15) is 32.3 Å². The Kier molecular flexibility index (Phi) is 6.62. The van der Waals surface area contributed by atoms with E-state index in [0.717, 1.165) is 38.9 Å². The van der Waals surface area contributed by atoms with Gasteiger partial charge in [0.1, 0.15) is 5.82 Å². The summed E-state index contributed by atoms with van der Waals surface area (Å²) in [6, 6.07) is 17.1. The lowest BCUT2D eigenvalue weighted by molar-refractivity contribution is -0.122. The second kappa shape index (κ2) is 9.14. The van der Waals surface area contributed by atoms with Crippen LogP contribution in [-0.2, 0) is 11.2 Å². The Hall–Kier alpha value is -2.20. The van der Waals surface area contributed by atoms with Crippen LogP contribution in [0, 0.1) is 11.7 Å². The fourth-order valence-corrected chi connectivity index (χ4v) is 3.76. The number of halogens is 1. The van der Waals surface area contributed by atoms with E-state index >= 15 is 0 Å². The summed E-state index contributed by atoms with van der Waals surface area (Å²) >= 11 is 0. The summed E-state index contributed by atoms with van der Waals surface area (Å²) in [7, 11) is 0. The van der Waals surface area contributed by atoms with Crippen LogP contribution in [0.2, 0.25) is 0 Å². The molecule has 0 atom stereocenters. The molecular weight excluding hydrogens is 339 g/mol. The SMILES string of the molecule is CC(C)C(=O)N(c1cccc(F)c1)C1CCN(CCc2ccccc2)CC1. The minimum absolute atomic E-state index is 0.0725. The van der Waals surface area contributed by atoms with E-state index in [4.69, 9.17) is 0 Å². The lowest BCUT2D eigenvalue weighted by atomic mass is 9.99. The molecule has 2 aromatic rings. The number of benzene rings is 2. The van der Waals surface area contributed by atoms with E-state index in [2.05, 4.69) is 29.2 Å². The number of hydrogen-bond acceptors (Lipinski definition) is 2. The minimum Gasteiger partial charge on any atom is -0.309 e. The van der Waals surface area contributed by atoms with Crippen LogP contribution in [0.3, 0.4) is 0 Å². The number of carbonyl (C=O) groups excluding carboxylic acids is 1. The van der Waals surface area contributed by atoms with Gasteiger partial charge in [-0.3, -0.25) is 4.79 Å². The van der Waals surface area contributed by atoms with Crippen LogP contribution in [-0.4, -0.2) is 36.5 Å². The van der Waals surface area contributed by atoms with E-state index in [-0.39, 0.29) is 23.7 Å². The number of anilines is 1. The Morgan fingerprint density at radius 3 is 2.44 bits per heavy atom. The van der Waals surface area contributed by atoms with Gasteiger partial charge >= 0.3 is 0 Å². The Bertz CT molecular complexity index is 739. The number of rotatable bonds is 6. The maximum absolute atomic E-state index is 13.7. The van der Waals surface area contributed by atoms with Crippen molar-refractivity contribution in [1.29, 1.82) is 0 Å². The zero-order valence-electron chi connectivity index (χ0n) is 16.3. The third-order valence-electron chi connectivity index (χ3n) is 5.30. The number of amides is 1. The Labute approximate surface area is 161 Å². The van der Waals surface area contributed by atoms with Crippen molar-refractivity contribution in [1.82, 2.24) is 4.90 Å². The van der Waals surface area contributed by atoms with Gasteiger partial charge in [-0.25, -0.2) is 4.39 Å². The summed E-state index contributed by atoms with van der Waals surface area (Å²) in [6.07, 6.45) is 2.89. The molecule has 0 N–H and O–H groups in total. The van der Waals surface area contributed by atoms with Gasteiger partial charge in [-0.1, -0.05) is 50.2 Å². The van der Waals surface area contributed by atoms with Crippen LogP contribution in [0.25, 0.3) is 0 Å². The summed E-state index contributed by atoms with van der Waals surface area (Å²) in [5, 5.41) is 0. The van der Waals surface area contributed by atoms with Gasteiger partial charge in [0, 0.05) is 37.3 Å². The second-order valence-electron chi connectivity index (χ2n) is 7.65. The maximum atomic E-state index is 13.7. The second-order valence-corrected chi connectivity index (χ2v) is 7.65. The zero-order valence-corrected chi connectivity index (χ0v) is 16.3. The van der Waals surface area contributed by atoms with E-state index < -0.39 is 0 Å². The summed E-state index contributed by atoms with van der Waals surface area (Å²) in [4.78, 5) is 17.1. The lowest BCUT2D eigenvalue weighted by Gasteiger charge is -2.39. The predicted molar refractivity (Wildman–Crippen MR) is 108 cm³/mol. The van der Waals surface area contributed by atoms with Gasteiger partial charge in [-0.15, -0.1) is 0 Å². The van der Waals surface area contributed by atoms with Crippen molar-refractivity contribution in [2.45, 2.75) is 39.2 Å². The van der Waals surface area contributed by atoms with Crippen molar-refractivity contribution < 1.29 is 9.18 Å². The van der Waals surface area contributed by atoms with Gasteiger partial charge in [-0.2, -0.15) is 0 Å². The maximum Gasteiger partial charge on any atom is 0.229 e. The van der Waals surface area contributed by atoms with Crippen molar-refractivity contribution >= 4 is 11.6 Å². The van der Waals surface area contributed by atoms with E-state index in [9.17, 15) is 9.18 Å². The highest BCUT2D eigenvalue weighted by Gasteiger charge is 2.30. The molecule has 1 aliphatic heterocycles. The molecule has 0 unspecified atom stereocenters.